The van der Waals surface area contributed by atoms with Crippen LogP contribution in [0.5, 0.6) is 0 Å². The standard InChI is InChI=1S/C14H12FN3O3/c15-10-7-8(14(20)21)1-4-11(10)17-12-13(19)18(6-5-16-12)9-2-3-9/h1,4-7,9H,2-3H2,(H,16,17)(H,20,21). The molecular weight excluding hydrogens is 277 g/mol. The van der Waals surface area contributed by atoms with Crippen LogP contribution in [0.3, 0.4) is 0 Å². The lowest BCUT2D eigenvalue weighted by atomic mass is 10.2. The predicted octanol–water partition coefficient (Wildman–Crippen LogP) is 2.16. The van der Waals surface area contributed by atoms with Gasteiger partial charge in [0.1, 0.15) is 5.82 Å². The molecule has 21 heavy (non-hydrogen) atoms. The van der Waals surface area contributed by atoms with Crippen LogP contribution in [0.2, 0.25) is 0 Å². The second kappa shape index (κ2) is 5.01. The molecule has 6 nitrogen and oxygen atoms in total. The summed E-state index contributed by atoms with van der Waals surface area (Å²) < 4.78 is 15.4. The summed E-state index contributed by atoms with van der Waals surface area (Å²) in [7, 11) is 0. The number of nitrogens with one attached hydrogen (secondary N) is 1. The zero-order chi connectivity index (χ0) is 15.0. The van der Waals surface area contributed by atoms with Gasteiger partial charge >= 0.3 is 5.97 Å². The SMILES string of the molecule is O=C(O)c1ccc(Nc2nccn(C3CC3)c2=O)c(F)c1. The lowest BCUT2D eigenvalue weighted by molar-refractivity contribution is 0.0696. The number of hydrogen-bond acceptors (Lipinski definition) is 4. The van der Waals surface area contributed by atoms with Crippen molar-refractivity contribution in [3.8, 4) is 0 Å². The topological polar surface area (TPSA) is 84.2 Å². The van der Waals surface area contributed by atoms with E-state index >= 15 is 0 Å². The minimum Gasteiger partial charge on any atom is -0.478 e. The maximum absolute atomic E-state index is 13.8. The van der Waals surface area contributed by atoms with Crippen molar-refractivity contribution < 1.29 is 14.3 Å². The molecule has 2 aromatic rings. The molecule has 108 valence electrons. The number of anilines is 2. The van der Waals surface area contributed by atoms with Gasteiger partial charge in [0.25, 0.3) is 5.56 Å². The van der Waals surface area contributed by atoms with Crippen LogP contribution in [0.25, 0.3) is 0 Å². The molecule has 0 radical (unpaired) electrons. The average molecular weight is 289 g/mol. The van der Waals surface area contributed by atoms with Gasteiger partial charge in [-0.05, 0) is 31.0 Å². The molecule has 0 unspecified atom stereocenters. The summed E-state index contributed by atoms with van der Waals surface area (Å²) in [6.45, 7) is 0. The van der Waals surface area contributed by atoms with Gasteiger partial charge in [0.15, 0.2) is 5.82 Å². The Kier molecular flexibility index (Phi) is 3.17. The number of aromatic nitrogens is 2. The van der Waals surface area contributed by atoms with Gasteiger partial charge in [-0.15, -0.1) is 0 Å². The maximum Gasteiger partial charge on any atom is 0.335 e. The molecule has 1 saturated carbocycles. The van der Waals surface area contributed by atoms with Gasteiger partial charge < -0.3 is 15.0 Å². The third kappa shape index (κ3) is 2.62. The van der Waals surface area contributed by atoms with E-state index in [9.17, 15) is 14.0 Å². The van der Waals surface area contributed by atoms with Crippen LogP contribution in [-0.4, -0.2) is 20.6 Å². The summed E-state index contributed by atoms with van der Waals surface area (Å²) in [6.07, 6.45) is 4.98. The van der Waals surface area contributed by atoms with Crippen molar-refractivity contribution in [2.24, 2.45) is 0 Å². The molecule has 0 bridgehead atoms. The summed E-state index contributed by atoms with van der Waals surface area (Å²) in [5.74, 6) is -1.95. The Labute approximate surface area is 118 Å². The highest BCUT2D eigenvalue weighted by molar-refractivity contribution is 5.88. The molecule has 0 amide bonds. The second-order valence-corrected chi connectivity index (χ2v) is 4.84. The Bertz CT molecular complexity index is 768. The van der Waals surface area contributed by atoms with Crippen molar-refractivity contribution in [2.75, 3.05) is 5.32 Å². The first-order valence-electron chi connectivity index (χ1n) is 6.43. The lowest BCUT2D eigenvalue weighted by Crippen LogP contribution is -2.22. The Morgan fingerprint density at radius 3 is 2.81 bits per heavy atom. The second-order valence-electron chi connectivity index (χ2n) is 4.84. The summed E-state index contributed by atoms with van der Waals surface area (Å²) >= 11 is 0. The fourth-order valence-electron chi connectivity index (χ4n) is 2.03. The fraction of sp³-hybridized carbons (Fsp3) is 0.214. The van der Waals surface area contributed by atoms with Crippen LogP contribution in [0.15, 0.2) is 35.4 Å². The first-order chi connectivity index (χ1) is 10.1. The summed E-state index contributed by atoms with van der Waals surface area (Å²) in [4.78, 5) is 26.8. The quantitative estimate of drug-likeness (QED) is 0.901. The zero-order valence-corrected chi connectivity index (χ0v) is 10.9. The van der Waals surface area contributed by atoms with Crippen molar-refractivity contribution in [2.45, 2.75) is 18.9 Å². The molecule has 1 aromatic carbocycles. The summed E-state index contributed by atoms with van der Waals surface area (Å²) in [6, 6.07) is 3.62. The molecule has 0 aliphatic heterocycles. The van der Waals surface area contributed by atoms with Crippen LogP contribution in [-0.2, 0) is 0 Å². The van der Waals surface area contributed by atoms with E-state index in [1.165, 1.54) is 18.3 Å². The molecule has 1 fully saturated rings. The van der Waals surface area contributed by atoms with E-state index in [-0.39, 0.29) is 28.7 Å². The van der Waals surface area contributed by atoms with Crippen molar-refractivity contribution in [1.29, 1.82) is 0 Å². The normalized spacial score (nSPS) is 14.0. The molecule has 1 aromatic heterocycles. The maximum atomic E-state index is 13.8. The Morgan fingerprint density at radius 2 is 2.19 bits per heavy atom. The number of carboxylic acids is 1. The Morgan fingerprint density at radius 1 is 1.43 bits per heavy atom. The van der Waals surface area contributed by atoms with E-state index in [1.54, 1.807) is 10.8 Å². The van der Waals surface area contributed by atoms with Gasteiger partial charge in [0.05, 0.1) is 11.3 Å². The van der Waals surface area contributed by atoms with E-state index in [0.29, 0.717) is 0 Å². The number of benzene rings is 1. The zero-order valence-electron chi connectivity index (χ0n) is 10.9. The highest BCUT2D eigenvalue weighted by atomic mass is 19.1. The number of nitrogens with zero attached hydrogens (tertiary/aromatic N) is 2. The van der Waals surface area contributed by atoms with E-state index < -0.39 is 11.8 Å². The number of halogens is 1. The Balaban J connectivity index is 1.92. The minimum absolute atomic E-state index is 0.0122. The highest BCUT2D eigenvalue weighted by Crippen LogP contribution is 2.33. The number of carbonyl (C=O) groups is 1. The van der Waals surface area contributed by atoms with Crippen molar-refractivity contribution in [3.63, 3.8) is 0 Å². The van der Waals surface area contributed by atoms with E-state index in [1.807, 2.05) is 0 Å². The van der Waals surface area contributed by atoms with Gasteiger partial charge in [-0.1, -0.05) is 0 Å². The van der Waals surface area contributed by atoms with Crippen LogP contribution in [0.4, 0.5) is 15.9 Å². The van der Waals surface area contributed by atoms with Crippen LogP contribution < -0.4 is 10.9 Å². The van der Waals surface area contributed by atoms with E-state index in [0.717, 1.165) is 18.9 Å². The van der Waals surface area contributed by atoms with Crippen molar-refractivity contribution in [3.05, 3.63) is 52.3 Å². The molecule has 1 aliphatic rings. The van der Waals surface area contributed by atoms with Crippen molar-refractivity contribution in [1.82, 2.24) is 9.55 Å². The van der Waals surface area contributed by atoms with Gasteiger partial charge in [0, 0.05) is 18.4 Å². The van der Waals surface area contributed by atoms with Gasteiger partial charge in [-0.2, -0.15) is 0 Å². The smallest absolute Gasteiger partial charge is 0.335 e. The predicted molar refractivity (Wildman–Crippen MR) is 73.4 cm³/mol. The lowest BCUT2D eigenvalue weighted by Gasteiger charge is -2.09. The van der Waals surface area contributed by atoms with Crippen LogP contribution in [0, 0.1) is 5.82 Å². The van der Waals surface area contributed by atoms with Gasteiger partial charge in [-0.3, -0.25) is 4.79 Å². The number of rotatable bonds is 4. The molecular formula is C14H12FN3O3. The average Bonchev–Trinajstić information content (AvgIpc) is 3.27. The monoisotopic (exact) mass is 289 g/mol. The first kappa shape index (κ1) is 13.3. The largest absolute Gasteiger partial charge is 0.478 e. The molecule has 1 aliphatic carbocycles. The van der Waals surface area contributed by atoms with Crippen LogP contribution in [0.1, 0.15) is 29.2 Å². The van der Waals surface area contributed by atoms with Crippen molar-refractivity contribution >= 4 is 17.5 Å². The summed E-state index contributed by atoms with van der Waals surface area (Å²) in [5, 5.41) is 11.4. The third-order valence-corrected chi connectivity index (χ3v) is 3.28. The molecule has 0 spiro atoms. The number of aromatic carboxylic acids is 1. The first-order valence-corrected chi connectivity index (χ1v) is 6.43. The van der Waals surface area contributed by atoms with Gasteiger partial charge in [0.2, 0.25) is 0 Å². The van der Waals surface area contributed by atoms with E-state index in [4.69, 9.17) is 5.11 Å². The molecule has 2 N–H and O–H groups in total. The van der Waals surface area contributed by atoms with Gasteiger partial charge in [-0.25, -0.2) is 14.2 Å². The molecule has 7 heteroatoms. The highest BCUT2D eigenvalue weighted by Gasteiger charge is 2.25. The third-order valence-electron chi connectivity index (χ3n) is 3.28. The molecule has 3 rings (SSSR count). The Hall–Kier alpha value is -2.70. The van der Waals surface area contributed by atoms with E-state index in [2.05, 4.69) is 10.3 Å². The number of hydrogen-bond donors (Lipinski definition) is 2. The minimum atomic E-state index is -1.21. The molecule has 0 atom stereocenters. The fourth-order valence-corrected chi connectivity index (χ4v) is 2.03. The van der Waals surface area contributed by atoms with Crippen LogP contribution >= 0.6 is 0 Å². The summed E-state index contributed by atoms with van der Waals surface area (Å²) in [5.41, 5.74) is -0.464. The molecule has 0 saturated heterocycles. The molecule has 1 heterocycles. The number of carboxylic acid groups (broad SMARTS) is 1.